The van der Waals surface area contributed by atoms with Gasteiger partial charge in [-0.05, 0) is 147 Å². The Morgan fingerprint density at radius 2 is 1.23 bits per heavy atom. The molecule has 4 aromatic heterocycles. The number of rotatable bonds is 10. The van der Waals surface area contributed by atoms with Crippen LogP contribution in [0, 0.1) is 38.2 Å². The first-order valence-electron chi connectivity index (χ1n) is 20.2. The molecule has 1 amide bonds. The number of carboxylic acids is 2. The second-order valence-corrected chi connectivity index (χ2v) is 16.6. The average molecular weight is 940 g/mol. The van der Waals surface area contributed by atoms with Crippen LogP contribution in [0.4, 0.5) is 19.0 Å². The summed E-state index contributed by atoms with van der Waals surface area (Å²) >= 11 is 3.12. The number of hydrogen-bond acceptors (Lipinski definition) is 9. The van der Waals surface area contributed by atoms with E-state index in [2.05, 4.69) is 52.0 Å². The third kappa shape index (κ3) is 10.3. The first-order chi connectivity index (χ1) is 30.5. The number of aryl methyl sites for hydroxylation is 3. The van der Waals surface area contributed by atoms with E-state index in [9.17, 15) is 27.6 Å². The third-order valence-electron chi connectivity index (χ3n) is 10.5. The minimum Gasteiger partial charge on any atom is -0.478 e. The highest BCUT2D eigenvalue weighted by Crippen LogP contribution is 2.37. The van der Waals surface area contributed by atoms with Gasteiger partial charge in [-0.1, -0.05) is 22.0 Å². The van der Waals surface area contributed by atoms with Gasteiger partial charge in [0.05, 0.1) is 47.2 Å². The van der Waals surface area contributed by atoms with Crippen LogP contribution in [0.3, 0.4) is 0 Å². The molecule has 0 spiro atoms. The summed E-state index contributed by atoms with van der Waals surface area (Å²) in [5.41, 5.74) is 5.11. The Labute approximate surface area is 373 Å². The van der Waals surface area contributed by atoms with Crippen LogP contribution in [0.1, 0.15) is 105 Å². The number of amides is 1. The Morgan fingerprint density at radius 1 is 0.734 bits per heavy atom. The standard InChI is InChI=1S/C23H23FN8O.C14H13FN2O2.C8H6BrFO2/c1-13(2)32-22(28-29-30-32)20-5-4-6-21(26-20)27-23(33)18-10-17(14(3)9-19(18)24)15-11-25-31(12-15)16-7-8-16;1-8-4-13(15)12(14(18)19)5-11(8)9-6-16-17(7-9)10-2-3-10;1-4-2-7(10)5(8(11)12)3-6(4)9/h4-6,9-13,16H,7-8H2,1-3H3,(H,26,27,33);4-7,10H,2-3H2,1H3,(H,18,19);2-3H,1H3,(H,11,12). The number of pyridine rings is 1. The lowest BCUT2D eigenvalue weighted by molar-refractivity contribution is 0.0680. The van der Waals surface area contributed by atoms with Gasteiger partial charge in [0.25, 0.3) is 5.91 Å². The largest absolute Gasteiger partial charge is 0.478 e. The van der Waals surface area contributed by atoms with Gasteiger partial charge in [-0.3, -0.25) is 14.2 Å². The lowest BCUT2D eigenvalue weighted by atomic mass is 9.99. The van der Waals surface area contributed by atoms with Crippen LogP contribution < -0.4 is 5.32 Å². The highest BCUT2D eigenvalue weighted by Gasteiger charge is 2.26. The van der Waals surface area contributed by atoms with Crippen LogP contribution in [0.25, 0.3) is 33.8 Å². The van der Waals surface area contributed by atoms with Crippen LogP contribution >= 0.6 is 15.9 Å². The molecule has 0 radical (unpaired) electrons. The fourth-order valence-corrected chi connectivity index (χ4v) is 7.01. The maximum absolute atomic E-state index is 14.8. The number of benzene rings is 3. The summed E-state index contributed by atoms with van der Waals surface area (Å²) in [5.74, 6) is -4.34. The van der Waals surface area contributed by atoms with Gasteiger partial charge < -0.3 is 15.5 Å². The number of aromatic carboxylic acids is 2. The van der Waals surface area contributed by atoms with E-state index in [1.807, 2.05) is 42.5 Å². The molecule has 330 valence electrons. The second kappa shape index (κ2) is 18.8. The van der Waals surface area contributed by atoms with Crippen molar-refractivity contribution < 1.29 is 37.8 Å². The zero-order valence-electron chi connectivity index (χ0n) is 35.2. The van der Waals surface area contributed by atoms with E-state index in [1.54, 1.807) is 55.2 Å². The van der Waals surface area contributed by atoms with Crippen LogP contribution in [-0.4, -0.2) is 72.8 Å². The highest BCUT2D eigenvalue weighted by molar-refractivity contribution is 9.10. The molecule has 64 heavy (non-hydrogen) atoms. The van der Waals surface area contributed by atoms with Crippen molar-refractivity contribution in [2.75, 3.05) is 5.32 Å². The molecule has 0 bridgehead atoms. The number of carboxylic acid groups (broad SMARTS) is 2. The van der Waals surface area contributed by atoms with E-state index in [1.165, 1.54) is 30.3 Å². The lowest BCUT2D eigenvalue weighted by Gasteiger charge is -2.11. The first kappa shape index (κ1) is 45.0. The summed E-state index contributed by atoms with van der Waals surface area (Å²) in [6.45, 7) is 9.19. The van der Waals surface area contributed by atoms with Crippen LogP contribution in [0.15, 0.2) is 83.9 Å². The number of tetrazole rings is 1. The fourth-order valence-electron chi connectivity index (χ4n) is 6.67. The van der Waals surface area contributed by atoms with Crippen molar-refractivity contribution in [2.24, 2.45) is 0 Å². The van der Waals surface area contributed by atoms with Gasteiger partial charge >= 0.3 is 11.9 Å². The predicted molar refractivity (Wildman–Crippen MR) is 233 cm³/mol. The van der Waals surface area contributed by atoms with Crippen molar-refractivity contribution >= 4 is 39.6 Å². The molecule has 15 nitrogen and oxygen atoms in total. The quantitative estimate of drug-likeness (QED) is 0.118. The van der Waals surface area contributed by atoms with Gasteiger partial charge in [0.15, 0.2) is 0 Å². The number of halogens is 4. The van der Waals surface area contributed by atoms with Gasteiger partial charge in [-0.15, -0.1) is 5.10 Å². The van der Waals surface area contributed by atoms with Crippen LogP contribution in [-0.2, 0) is 0 Å². The summed E-state index contributed by atoms with van der Waals surface area (Å²) in [7, 11) is 0. The maximum atomic E-state index is 14.8. The highest BCUT2D eigenvalue weighted by atomic mass is 79.9. The first-order valence-corrected chi connectivity index (χ1v) is 21.0. The summed E-state index contributed by atoms with van der Waals surface area (Å²) in [6.07, 6.45) is 11.8. The van der Waals surface area contributed by atoms with E-state index in [0.29, 0.717) is 44.8 Å². The van der Waals surface area contributed by atoms with Gasteiger partial charge in [0.1, 0.15) is 29.0 Å². The summed E-state index contributed by atoms with van der Waals surface area (Å²) < 4.78 is 47.2. The van der Waals surface area contributed by atoms with Crippen LogP contribution in [0.5, 0.6) is 0 Å². The van der Waals surface area contributed by atoms with Crippen LogP contribution in [0.2, 0.25) is 0 Å². The van der Waals surface area contributed by atoms with E-state index in [-0.39, 0.29) is 28.6 Å². The SMILES string of the molecule is Cc1cc(F)c(C(=O)Nc2cccc(-c3nnnn3C(C)C)n2)cc1-c1cnn(C2CC2)c1.Cc1cc(F)c(C(=O)O)cc1-c1cnn(C2CC2)c1.Cc1cc(F)c(C(=O)O)cc1Br. The molecule has 2 saturated carbocycles. The third-order valence-corrected chi connectivity index (χ3v) is 11.3. The van der Waals surface area contributed by atoms with E-state index in [0.717, 1.165) is 47.9 Å². The molecule has 3 aromatic carbocycles. The molecule has 0 aliphatic heterocycles. The molecule has 7 aromatic rings. The topological polar surface area (TPSA) is 196 Å². The minimum atomic E-state index is -1.26. The molecule has 4 heterocycles. The predicted octanol–water partition coefficient (Wildman–Crippen LogP) is 9.84. The molecular formula is C45H42BrF3N10O5. The molecular weight excluding hydrogens is 897 g/mol. The molecule has 9 rings (SSSR count). The van der Waals surface area contributed by atoms with Gasteiger partial charge in [-0.2, -0.15) is 10.2 Å². The van der Waals surface area contributed by atoms with Crippen molar-refractivity contribution in [2.45, 2.75) is 78.4 Å². The normalized spacial score (nSPS) is 13.2. The van der Waals surface area contributed by atoms with Gasteiger partial charge in [0, 0.05) is 28.0 Å². The number of carbonyl (C=O) groups excluding carboxylic acids is 1. The average Bonchev–Trinajstić information content (AvgIpc) is 4.11. The molecule has 0 atom stereocenters. The lowest BCUT2D eigenvalue weighted by Crippen LogP contribution is -2.15. The molecule has 0 unspecified atom stereocenters. The monoisotopic (exact) mass is 938 g/mol. The number of nitrogens with one attached hydrogen (secondary N) is 1. The Morgan fingerprint density at radius 3 is 1.75 bits per heavy atom. The zero-order valence-corrected chi connectivity index (χ0v) is 36.8. The fraction of sp³-hybridized carbons (Fsp3) is 0.267. The van der Waals surface area contributed by atoms with Crippen molar-refractivity contribution in [1.82, 2.24) is 44.8 Å². The number of hydrogen-bond donors (Lipinski definition) is 3. The molecule has 0 saturated heterocycles. The minimum absolute atomic E-state index is 0.0411. The number of anilines is 1. The number of aromatic nitrogens is 9. The zero-order chi connectivity index (χ0) is 46.0. The molecule has 3 N–H and O–H groups in total. The Balaban J connectivity index is 0.000000165. The summed E-state index contributed by atoms with van der Waals surface area (Å²) in [4.78, 5) is 38.8. The summed E-state index contributed by atoms with van der Waals surface area (Å²) in [5, 5.41) is 40.6. The van der Waals surface area contributed by atoms with Crippen molar-refractivity contribution in [3.05, 3.63) is 135 Å². The number of nitrogens with zero attached hydrogens (tertiary/aromatic N) is 9. The Hall–Kier alpha value is -7.02. The Kier molecular flexibility index (Phi) is 13.2. The van der Waals surface area contributed by atoms with E-state index >= 15 is 0 Å². The molecule has 2 fully saturated rings. The Bertz CT molecular complexity index is 2900. The summed E-state index contributed by atoms with van der Waals surface area (Å²) in [6, 6.07) is 14.1. The molecule has 19 heteroatoms. The molecule has 2 aliphatic rings. The molecule has 2 aliphatic carbocycles. The van der Waals surface area contributed by atoms with E-state index < -0.39 is 35.3 Å². The van der Waals surface area contributed by atoms with Gasteiger partial charge in [-0.25, -0.2) is 32.4 Å². The maximum Gasteiger partial charge on any atom is 0.338 e. The number of carbonyl (C=O) groups is 3. The smallest absolute Gasteiger partial charge is 0.338 e. The second-order valence-electron chi connectivity index (χ2n) is 15.8. The van der Waals surface area contributed by atoms with Crippen molar-refractivity contribution in [3.8, 4) is 33.8 Å². The van der Waals surface area contributed by atoms with E-state index in [4.69, 9.17) is 10.2 Å². The van der Waals surface area contributed by atoms with Crippen molar-refractivity contribution in [1.29, 1.82) is 0 Å². The van der Waals surface area contributed by atoms with Gasteiger partial charge in [0.2, 0.25) is 5.82 Å². The van der Waals surface area contributed by atoms with Crippen molar-refractivity contribution in [3.63, 3.8) is 0 Å².